The van der Waals surface area contributed by atoms with Gasteiger partial charge in [0.2, 0.25) is 0 Å². The van der Waals surface area contributed by atoms with E-state index < -0.39 is 0 Å². The number of nitrogens with zero attached hydrogens (tertiary/aromatic N) is 2. The fourth-order valence-electron chi connectivity index (χ4n) is 2.69. The van der Waals surface area contributed by atoms with E-state index in [1.54, 1.807) is 12.3 Å². The van der Waals surface area contributed by atoms with Gasteiger partial charge < -0.3 is 14.5 Å². The highest BCUT2D eigenvalue weighted by molar-refractivity contribution is 5.92. The van der Waals surface area contributed by atoms with Crippen LogP contribution < -0.4 is 5.32 Å². The summed E-state index contributed by atoms with van der Waals surface area (Å²) in [5.41, 5.74) is 1.30. The zero-order valence-corrected chi connectivity index (χ0v) is 13.2. The first-order valence-electron chi connectivity index (χ1n) is 7.87. The van der Waals surface area contributed by atoms with Crippen molar-refractivity contribution in [1.29, 1.82) is 0 Å². The van der Waals surface area contributed by atoms with Crippen LogP contribution in [-0.4, -0.2) is 53.3 Å². The zero-order chi connectivity index (χ0) is 16.1. The van der Waals surface area contributed by atoms with Gasteiger partial charge in [-0.05, 0) is 31.5 Å². The standard InChI is InChI=1S/C16H22N4O3/c1-12-9-15(19-18-12)16(21)17-5-4-14-11-20(6-8-23-14)10-13-3-2-7-22-13/h2-3,7,9,14H,4-6,8,10-11H2,1H3,(H,17,21)(H,18,19)/t14-/m0/s1. The lowest BCUT2D eigenvalue weighted by atomic mass is 10.2. The number of aromatic nitrogens is 2. The molecule has 0 bridgehead atoms. The number of ether oxygens (including phenoxy) is 1. The third-order valence-electron chi connectivity index (χ3n) is 3.87. The maximum absolute atomic E-state index is 11.9. The quantitative estimate of drug-likeness (QED) is 0.839. The minimum atomic E-state index is -0.155. The Balaban J connectivity index is 1.40. The molecule has 2 N–H and O–H groups in total. The Morgan fingerprint density at radius 3 is 3.22 bits per heavy atom. The van der Waals surface area contributed by atoms with Gasteiger partial charge in [0.15, 0.2) is 0 Å². The first kappa shape index (κ1) is 15.8. The maximum atomic E-state index is 11.9. The number of carbonyl (C=O) groups is 1. The van der Waals surface area contributed by atoms with E-state index in [9.17, 15) is 4.79 Å². The van der Waals surface area contributed by atoms with E-state index in [1.165, 1.54) is 0 Å². The second kappa shape index (κ2) is 7.43. The van der Waals surface area contributed by atoms with Crippen LogP contribution in [0.4, 0.5) is 0 Å². The Bertz CT molecular complexity index is 623. The van der Waals surface area contributed by atoms with Crippen molar-refractivity contribution in [3.05, 3.63) is 41.6 Å². The molecule has 0 saturated carbocycles. The Morgan fingerprint density at radius 2 is 2.48 bits per heavy atom. The number of aromatic amines is 1. The molecule has 1 aliphatic rings. The van der Waals surface area contributed by atoms with Crippen molar-refractivity contribution in [2.45, 2.75) is 26.0 Å². The topological polar surface area (TPSA) is 83.4 Å². The van der Waals surface area contributed by atoms with Crippen molar-refractivity contribution in [3.8, 4) is 0 Å². The number of amides is 1. The lowest BCUT2D eigenvalue weighted by molar-refractivity contribution is -0.0359. The summed E-state index contributed by atoms with van der Waals surface area (Å²) in [5.74, 6) is 0.811. The summed E-state index contributed by atoms with van der Waals surface area (Å²) in [6, 6.07) is 5.62. The van der Waals surface area contributed by atoms with Gasteiger partial charge in [-0.3, -0.25) is 14.8 Å². The van der Waals surface area contributed by atoms with E-state index in [1.807, 2.05) is 19.1 Å². The van der Waals surface area contributed by atoms with Crippen LogP contribution in [0.25, 0.3) is 0 Å². The Kier molecular flexibility index (Phi) is 5.09. The van der Waals surface area contributed by atoms with Crippen LogP contribution in [0.15, 0.2) is 28.9 Å². The lowest BCUT2D eigenvalue weighted by Gasteiger charge is -2.32. The molecule has 0 unspecified atom stereocenters. The van der Waals surface area contributed by atoms with Crippen molar-refractivity contribution in [3.63, 3.8) is 0 Å². The van der Waals surface area contributed by atoms with Crippen molar-refractivity contribution in [1.82, 2.24) is 20.4 Å². The molecule has 23 heavy (non-hydrogen) atoms. The van der Waals surface area contributed by atoms with Gasteiger partial charge in [0, 0.05) is 25.3 Å². The highest BCUT2D eigenvalue weighted by atomic mass is 16.5. The number of H-pyrrole nitrogens is 1. The normalized spacial score (nSPS) is 18.9. The van der Waals surface area contributed by atoms with Gasteiger partial charge in [-0.1, -0.05) is 0 Å². The predicted octanol–water partition coefficient (Wildman–Crippen LogP) is 1.33. The van der Waals surface area contributed by atoms with Gasteiger partial charge in [0.1, 0.15) is 11.5 Å². The first-order chi connectivity index (χ1) is 11.2. The van der Waals surface area contributed by atoms with Crippen LogP contribution in [0.3, 0.4) is 0 Å². The van der Waals surface area contributed by atoms with E-state index in [2.05, 4.69) is 20.4 Å². The molecular weight excluding hydrogens is 296 g/mol. The molecule has 0 radical (unpaired) electrons. The third-order valence-corrected chi connectivity index (χ3v) is 3.87. The summed E-state index contributed by atoms with van der Waals surface area (Å²) in [6.45, 7) is 5.69. The van der Waals surface area contributed by atoms with Gasteiger partial charge in [0.25, 0.3) is 5.91 Å². The number of rotatable bonds is 6. The number of carbonyl (C=O) groups excluding carboxylic acids is 1. The Labute approximate surface area is 135 Å². The number of hydrogen-bond donors (Lipinski definition) is 2. The fourth-order valence-corrected chi connectivity index (χ4v) is 2.69. The number of furan rings is 1. The lowest BCUT2D eigenvalue weighted by Crippen LogP contribution is -2.43. The molecule has 1 amide bonds. The van der Waals surface area contributed by atoms with E-state index in [0.717, 1.165) is 37.5 Å². The van der Waals surface area contributed by atoms with E-state index in [4.69, 9.17) is 9.15 Å². The van der Waals surface area contributed by atoms with Gasteiger partial charge in [-0.15, -0.1) is 0 Å². The average molecular weight is 318 g/mol. The van der Waals surface area contributed by atoms with Crippen LogP contribution in [-0.2, 0) is 11.3 Å². The van der Waals surface area contributed by atoms with Gasteiger partial charge in [-0.25, -0.2) is 0 Å². The number of morpholine rings is 1. The molecule has 124 valence electrons. The molecule has 7 heteroatoms. The highest BCUT2D eigenvalue weighted by Gasteiger charge is 2.21. The first-order valence-corrected chi connectivity index (χ1v) is 7.87. The molecule has 2 aromatic rings. The Hall–Kier alpha value is -2.12. The minimum Gasteiger partial charge on any atom is -0.468 e. The molecule has 1 saturated heterocycles. The van der Waals surface area contributed by atoms with Crippen molar-refractivity contribution in [2.24, 2.45) is 0 Å². The predicted molar refractivity (Wildman–Crippen MR) is 84.0 cm³/mol. The molecule has 2 aromatic heterocycles. The molecule has 3 rings (SSSR count). The minimum absolute atomic E-state index is 0.125. The largest absolute Gasteiger partial charge is 0.468 e. The van der Waals surface area contributed by atoms with E-state index in [-0.39, 0.29) is 12.0 Å². The average Bonchev–Trinajstić information content (AvgIpc) is 3.19. The van der Waals surface area contributed by atoms with Crippen molar-refractivity contribution in [2.75, 3.05) is 26.2 Å². The van der Waals surface area contributed by atoms with E-state index in [0.29, 0.717) is 18.8 Å². The van der Waals surface area contributed by atoms with Crippen LogP contribution in [0.5, 0.6) is 0 Å². The van der Waals surface area contributed by atoms with Crippen LogP contribution in [0.2, 0.25) is 0 Å². The fraction of sp³-hybridized carbons (Fsp3) is 0.500. The summed E-state index contributed by atoms with van der Waals surface area (Å²) in [7, 11) is 0. The Morgan fingerprint density at radius 1 is 1.57 bits per heavy atom. The van der Waals surface area contributed by atoms with Gasteiger partial charge in [0.05, 0.1) is 25.5 Å². The highest BCUT2D eigenvalue weighted by Crippen LogP contribution is 2.12. The smallest absolute Gasteiger partial charge is 0.271 e. The molecule has 7 nitrogen and oxygen atoms in total. The van der Waals surface area contributed by atoms with Crippen molar-refractivity contribution < 1.29 is 13.9 Å². The molecule has 0 aliphatic carbocycles. The zero-order valence-electron chi connectivity index (χ0n) is 13.2. The molecule has 3 heterocycles. The SMILES string of the molecule is Cc1cc(C(=O)NCC[C@H]2CN(Cc3ccco3)CCO2)n[nH]1. The number of hydrogen-bond acceptors (Lipinski definition) is 5. The molecule has 0 spiro atoms. The van der Waals surface area contributed by atoms with Gasteiger partial charge in [-0.2, -0.15) is 5.10 Å². The molecule has 0 aromatic carbocycles. The molecule has 1 aliphatic heterocycles. The van der Waals surface area contributed by atoms with Crippen molar-refractivity contribution >= 4 is 5.91 Å². The number of nitrogens with one attached hydrogen (secondary N) is 2. The summed E-state index contributed by atoms with van der Waals surface area (Å²) in [6.07, 6.45) is 2.60. The summed E-state index contributed by atoms with van der Waals surface area (Å²) in [4.78, 5) is 14.2. The van der Waals surface area contributed by atoms with Crippen LogP contribution in [0.1, 0.15) is 28.4 Å². The van der Waals surface area contributed by atoms with Crippen LogP contribution in [0, 0.1) is 6.92 Å². The maximum Gasteiger partial charge on any atom is 0.271 e. The molecule has 1 fully saturated rings. The van der Waals surface area contributed by atoms with Crippen LogP contribution >= 0.6 is 0 Å². The van der Waals surface area contributed by atoms with E-state index >= 15 is 0 Å². The summed E-state index contributed by atoms with van der Waals surface area (Å²) in [5, 5.41) is 9.59. The number of aryl methyl sites for hydroxylation is 1. The second-order valence-electron chi connectivity index (χ2n) is 5.79. The molecule has 1 atom stereocenters. The summed E-state index contributed by atoms with van der Waals surface area (Å²) >= 11 is 0. The third kappa shape index (κ3) is 4.43. The van der Waals surface area contributed by atoms with Gasteiger partial charge >= 0.3 is 0 Å². The molecular formula is C16H22N4O3. The monoisotopic (exact) mass is 318 g/mol. The second-order valence-corrected chi connectivity index (χ2v) is 5.79. The summed E-state index contributed by atoms with van der Waals surface area (Å²) < 4.78 is 11.2.